The Balaban J connectivity index is 1.74. The number of hydrogen-bond acceptors (Lipinski definition) is 3. The van der Waals surface area contributed by atoms with Gasteiger partial charge in [-0.15, -0.1) is 0 Å². The zero-order chi connectivity index (χ0) is 12.4. The number of cyclic esters (lactones) is 1. The number of hydrogen-bond donors (Lipinski definition) is 1. The molecule has 0 aromatic heterocycles. The van der Waals surface area contributed by atoms with Gasteiger partial charge in [-0.1, -0.05) is 30.3 Å². The number of carbonyl (C=O) groups is 1. The number of benzene rings is 2. The summed E-state index contributed by atoms with van der Waals surface area (Å²) >= 11 is 0. The zero-order valence-electron chi connectivity index (χ0n) is 9.85. The molecule has 90 valence electrons. The minimum atomic E-state index is -0.216. The molecule has 0 radical (unpaired) electrons. The van der Waals surface area contributed by atoms with E-state index in [-0.39, 0.29) is 5.97 Å². The van der Waals surface area contributed by atoms with E-state index < -0.39 is 0 Å². The fraction of sp³-hybridized carbons (Fsp3) is 0.133. The lowest BCUT2D eigenvalue weighted by atomic mass is 10.1. The molecule has 0 unspecified atom stereocenters. The maximum absolute atomic E-state index is 11.4. The van der Waals surface area contributed by atoms with Crippen molar-refractivity contribution in [1.82, 2.24) is 0 Å². The second-order valence-corrected chi connectivity index (χ2v) is 4.29. The molecular weight excluding hydrogens is 226 g/mol. The standard InChI is InChI=1S/C15H13NO2/c17-15-14-8-11(6-7-12(14)10-18-15)9-16-13-4-2-1-3-5-13/h1-8,16H,9-10H2. The molecule has 0 amide bonds. The van der Waals surface area contributed by atoms with Crippen LogP contribution in [0.1, 0.15) is 21.5 Å². The number of esters is 1. The van der Waals surface area contributed by atoms with Gasteiger partial charge in [-0.25, -0.2) is 4.79 Å². The molecule has 0 saturated carbocycles. The Morgan fingerprint density at radius 3 is 2.78 bits per heavy atom. The van der Waals surface area contributed by atoms with Crippen LogP contribution in [0.25, 0.3) is 0 Å². The first-order valence-electron chi connectivity index (χ1n) is 5.91. The van der Waals surface area contributed by atoms with Crippen LogP contribution in [0.5, 0.6) is 0 Å². The van der Waals surface area contributed by atoms with Crippen LogP contribution in [0.2, 0.25) is 0 Å². The van der Waals surface area contributed by atoms with Crippen molar-refractivity contribution in [3.8, 4) is 0 Å². The van der Waals surface area contributed by atoms with Crippen LogP contribution in [-0.2, 0) is 17.9 Å². The monoisotopic (exact) mass is 239 g/mol. The van der Waals surface area contributed by atoms with E-state index in [1.54, 1.807) is 0 Å². The third-order valence-corrected chi connectivity index (χ3v) is 3.02. The fourth-order valence-electron chi connectivity index (χ4n) is 2.03. The maximum atomic E-state index is 11.4. The van der Waals surface area contributed by atoms with E-state index in [9.17, 15) is 4.79 Å². The first kappa shape index (κ1) is 10.8. The molecule has 0 atom stereocenters. The van der Waals surface area contributed by atoms with Crippen LogP contribution >= 0.6 is 0 Å². The topological polar surface area (TPSA) is 38.3 Å². The van der Waals surface area contributed by atoms with Gasteiger partial charge < -0.3 is 10.1 Å². The molecule has 0 saturated heterocycles. The molecule has 0 spiro atoms. The highest BCUT2D eigenvalue weighted by atomic mass is 16.5. The predicted molar refractivity (Wildman–Crippen MR) is 69.3 cm³/mol. The Labute approximate surface area is 105 Å². The summed E-state index contributed by atoms with van der Waals surface area (Å²) in [6.07, 6.45) is 0. The second-order valence-electron chi connectivity index (χ2n) is 4.29. The Morgan fingerprint density at radius 1 is 1.11 bits per heavy atom. The molecule has 3 nitrogen and oxygen atoms in total. The van der Waals surface area contributed by atoms with E-state index in [1.807, 2.05) is 48.5 Å². The van der Waals surface area contributed by atoms with Gasteiger partial charge in [0.2, 0.25) is 0 Å². The molecule has 0 aliphatic carbocycles. The van der Waals surface area contributed by atoms with Crippen LogP contribution < -0.4 is 5.32 Å². The first-order valence-corrected chi connectivity index (χ1v) is 5.91. The predicted octanol–water partition coefficient (Wildman–Crippen LogP) is 2.97. The van der Waals surface area contributed by atoms with E-state index in [1.165, 1.54) is 0 Å². The first-order chi connectivity index (χ1) is 8.83. The smallest absolute Gasteiger partial charge is 0.338 e. The van der Waals surface area contributed by atoms with Crippen LogP contribution in [-0.4, -0.2) is 5.97 Å². The third kappa shape index (κ3) is 2.07. The summed E-state index contributed by atoms with van der Waals surface area (Å²) in [7, 11) is 0. The minimum absolute atomic E-state index is 0.216. The largest absolute Gasteiger partial charge is 0.457 e. The Hall–Kier alpha value is -2.29. The average Bonchev–Trinajstić information content (AvgIpc) is 2.79. The van der Waals surface area contributed by atoms with Crippen molar-refractivity contribution in [2.24, 2.45) is 0 Å². The van der Waals surface area contributed by atoms with E-state index >= 15 is 0 Å². The summed E-state index contributed by atoms with van der Waals surface area (Å²) < 4.78 is 4.98. The van der Waals surface area contributed by atoms with Crippen LogP contribution in [0, 0.1) is 0 Å². The molecule has 1 aliphatic rings. The fourth-order valence-corrected chi connectivity index (χ4v) is 2.03. The summed E-state index contributed by atoms with van der Waals surface area (Å²) in [6, 6.07) is 15.9. The van der Waals surface area contributed by atoms with Gasteiger partial charge >= 0.3 is 5.97 Å². The minimum Gasteiger partial charge on any atom is -0.457 e. The van der Waals surface area contributed by atoms with Gasteiger partial charge in [0.25, 0.3) is 0 Å². The van der Waals surface area contributed by atoms with Gasteiger partial charge in [0.15, 0.2) is 0 Å². The van der Waals surface area contributed by atoms with Gasteiger partial charge in [-0.2, -0.15) is 0 Å². The Morgan fingerprint density at radius 2 is 1.94 bits per heavy atom. The summed E-state index contributed by atoms with van der Waals surface area (Å²) in [4.78, 5) is 11.4. The lowest BCUT2D eigenvalue weighted by Gasteiger charge is -2.06. The van der Waals surface area contributed by atoms with Crippen molar-refractivity contribution in [2.45, 2.75) is 13.2 Å². The van der Waals surface area contributed by atoms with Crippen molar-refractivity contribution in [3.63, 3.8) is 0 Å². The highest BCUT2D eigenvalue weighted by molar-refractivity contribution is 5.93. The van der Waals surface area contributed by atoms with Gasteiger partial charge in [0.1, 0.15) is 6.61 Å². The molecule has 1 heterocycles. The second kappa shape index (κ2) is 4.53. The van der Waals surface area contributed by atoms with Gasteiger partial charge in [-0.3, -0.25) is 0 Å². The molecule has 2 aromatic carbocycles. The van der Waals surface area contributed by atoms with Crippen molar-refractivity contribution >= 4 is 11.7 Å². The lowest BCUT2D eigenvalue weighted by molar-refractivity contribution is 0.0535. The van der Waals surface area contributed by atoms with E-state index in [2.05, 4.69) is 5.32 Å². The molecule has 1 aliphatic heterocycles. The van der Waals surface area contributed by atoms with Gasteiger partial charge in [-0.05, 0) is 23.8 Å². The van der Waals surface area contributed by atoms with Crippen molar-refractivity contribution in [2.75, 3.05) is 5.32 Å². The van der Waals surface area contributed by atoms with E-state index in [0.717, 1.165) is 16.8 Å². The summed E-state index contributed by atoms with van der Waals surface area (Å²) in [5.74, 6) is -0.216. The van der Waals surface area contributed by atoms with Crippen LogP contribution in [0.3, 0.4) is 0 Å². The molecule has 0 bridgehead atoms. The third-order valence-electron chi connectivity index (χ3n) is 3.02. The molecule has 18 heavy (non-hydrogen) atoms. The Bertz CT molecular complexity index is 578. The SMILES string of the molecule is O=C1OCc2ccc(CNc3ccccc3)cc21. The Kier molecular flexibility index (Phi) is 2.73. The molecule has 2 aromatic rings. The zero-order valence-corrected chi connectivity index (χ0v) is 9.85. The molecule has 1 N–H and O–H groups in total. The number of para-hydroxylation sites is 1. The normalized spacial score (nSPS) is 13.0. The average molecular weight is 239 g/mol. The highest BCUT2D eigenvalue weighted by Crippen LogP contribution is 2.21. The molecule has 3 rings (SSSR count). The van der Waals surface area contributed by atoms with Crippen LogP contribution in [0.4, 0.5) is 5.69 Å². The molecule has 0 fully saturated rings. The van der Waals surface area contributed by atoms with Crippen molar-refractivity contribution < 1.29 is 9.53 Å². The van der Waals surface area contributed by atoms with Crippen LogP contribution in [0.15, 0.2) is 48.5 Å². The maximum Gasteiger partial charge on any atom is 0.338 e. The number of nitrogens with one attached hydrogen (secondary N) is 1. The van der Waals surface area contributed by atoms with Gasteiger partial charge in [0.05, 0.1) is 5.56 Å². The number of carbonyl (C=O) groups excluding carboxylic acids is 1. The number of anilines is 1. The van der Waals surface area contributed by atoms with Crippen molar-refractivity contribution in [3.05, 3.63) is 65.2 Å². The number of ether oxygens (including phenoxy) is 1. The summed E-state index contributed by atoms with van der Waals surface area (Å²) in [5, 5.41) is 3.31. The van der Waals surface area contributed by atoms with E-state index in [0.29, 0.717) is 18.7 Å². The highest BCUT2D eigenvalue weighted by Gasteiger charge is 2.20. The molecular formula is C15H13NO2. The summed E-state index contributed by atoms with van der Waals surface area (Å²) in [6.45, 7) is 1.10. The van der Waals surface area contributed by atoms with Crippen molar-refractivity contribution in [1.29, 1.82) is 0 Å². The van der Waals surface area contributed by atoms with Gasteiger partial charge in [0, 0.05) is 17.8 Å². The lowest BCUT2D eigenvalue weighted by Crippen LogP contribution is -2.01. The number of rotatable bonds is 3. The number of fused-ring (bicyclic) bond motifs is 1. The van der Waals surface area contributed by atoms with E-state index in [4.69, 9.17) is 4.74 Å². The summed E-state index contributed by atoms with van der Waals surface area (Å²) in [5.41, 5.74) is 3.82. The molecule has 3 heteroatoms. The quantitative estimate of drug-likeness (QED) is 0.837.